The van der Waals surface area contributed by atoms with E-state index >= 15 is 0 Å². The summed E-state index contributed by atoms with van der Waals surface area (Å²) in [6.07, 6.45) is 2.61. The Morgan fingerprint density at radius 1 is 1.56 bits per heavy atom. The second-order valence-corrected chi connectivity index (χ2v) is 5.41. The topological polar surface area (TPSA) is 54.0 Å². The van der Waals surface area contributed by atoms with Crippen LogP contribution < -0.4 is 10.6 Å². The highest BCUT2D eigenvalue weighted by Gasteiger charge is 2.43. The molecule has 0 bridgehead atoms. The lowest BCUT2D eigenvalue weighted by atomic mass is 9.75. The summed E-state index contributed by atoms with van der Waals surface area (Å²) in [6.45, 7) is 7.87. The smallest absolute Gasteiger partial charge is 0.233 e. The van der Waals surface area contributed by atoms with Crippen LogP contribution in [0.4, 0.5) is 5.82 Å². The average Bonchev–Trinajstić information content (AvgIpc) is 2.79. The number of aryl methyl sites for hydroxylation is 1. The van der Waals surface area contributed by atoms with Gasteiger partial charge in [0.25, 0.3) is 0 Å². The van der Waals surface area contributed by atoms with Gasteiger partial charge in [0, 0.05) is 12.7 Å². The Morgan fingerprint density at radius 2 is 2.33 bits per heavy atom. The van der Waals surface area contributed by atoms with E-state index in [-0.39, 0.29) is 11.3 Å². The van der Waals surface area contributed by atoms with Crippen LogP contribution in [0.15, 0.2) is 18.3 Å². The average molecular weight is 247 g/mol. The first kappa shape index (κ1) is 13.0. The molecule has 2 heterocycles. The summed E-state index contributed by atoms with van der Waals surface area (Å²) in [6, 6.07) is 3.82. The van der Waals surface area contributed by atoms with Crippen molar-refractivity contribution in [2.75, 3.05) is 18.4 Å². The van der Waals surface area contributed by atoms with Crippen LogP contribution >= 0.6 is 0 Å². The van der Waals surface area contributed by atoms with E-state index < -0.39 is 0 Å². The summed E-state index contributed by atoms with van der Waals surface area (Å²) in [5, 5.41) is 6.25. The van der Waals surface area contributed by atoms with E-state index in [1.165, 1.54) is 0 Å². The number of nitrogens with zero attached hydrogens (tertiary/aromatic N) is 1. The molecule has 0 radical (unpaired) electrons. The maximum atomic E-state index is 12.5. The summed E-state index contributed by atoms with van der Waals surface area (Å²) >= 11 is 0. The zero-order chi connectivity index (χ0) is 13.2. The van der Waals surface area contributed by atoms with E-state index in [4.69, 9.17) is 0 Å². The molecule has 1 aromatic rings. The number of hydrogen-bond acceptors (Lipinski definition) is 3. The van der Waals surface area contributed by atoms with Gasteiger partial charge in [0.05, 0.1) is 5.41 Å². The number of rotatable bonds is 3. The Labute approximate surface area is 108 Å². The molecule has 4 nitrogen and oxygen atoms in total. The van der Waals surface area contributed by atoms with Gasteiger partial charge in [-0.3, -0.25) is 4.79 Å². The van der Waals surface area contributed by atoms with Crippen molar-refractivity contribution in [1.29, 1.82) is 0 Å². The molecule has 1 atom stereocenters. The number of carbonyl (C=O) groups excluding carboxylic acids is 1. The first-order valence-corrected chi connectivity index (χ1v) is 6.49. The highest BCUT2D eigenvalue weighted by molar-refractivity contribution is 5.95. The molecule has 1 aromatic heterocycles. The van der Waals surface area contributed by atoms with Gasteiger partial charge in [0.15, 0.2) is 0 Å². The monoisotopic (exact) mass is 247 g/mol. The van der Waals surface area contributed by atoms with Crippen molar-refractivity contribution >= 4 is 11.7 Å². The van der Waals surface area contributed by atoms with Gasteiger partial charge in [-0.15, -0.1) is 0 Å². The van der Waals surface area contributed by atoms with Crippen molar-refractivity contribution in [2.24, 2.45) is 11.3 Å². The first-order chi connectivity index (χ1) is 8.54. The van der Waals surface area contributed by atoms with Crippen molar-refractivity contribution in [1.82, 2.24) is 10.3 Å². The quantitative estimate of drug-likeness (QED) is 0.858. The fraction of sp³-hybridized carbons (Fsp3) is 0.571. The Bertz CT molecular complexity index is 436. The van der Waals surface area contributed by atoms with Crippen LogP contribution in [0.5, 0.6) is 0 Å². The van der Waals surface area contributed by atoms with Crippen molar-refractivity contribution < 1.29 is 4.79 Å². The predicted molar refractivity (Wildman–Crippen MR) is 72.4 cm³/mol. The van der Waals surface area contributed by atoms with E-state index in [2.05, 4.69) is 29.5 Å². The van der Waals surface area contributed by atoms with Crippen LogP contribution in [0.2, 0.25) is 0 Å². The van der Waals surface area contributed by atoms with Crippen LogP contribution in [-0.4, -0.2) is 24.0 Å². The molecule has 0 spiro atoms. The lowest BCUT2D eigenvalue weighted by Crippen LogP contribution is -2.42. The molecule has 1 saturated heterocycles. The molecule has 0 aliphatic carbocycles. The van der Waals surface area contributed by atoms with Gasteiger partial charge in [-0.1, -0.05) is 13.8 Å². The van der Waals surface area contributed by atoms with Gasteiger partial charge in [0.1, 0.15) is 5.82 Å². The van der Waals surface area contributed by atoms with Crippen LogP contribution in [0.25, 0.3) is 0 Å². The van der Waals surface area contributed by atoms with Crippen molar-refractivity contribution in [2.45, 2.75) is 27.2 Å². The SMILES string of the molecule is Cc1ccnc(NC(=O)C2(C(C)C)CCNC2)c1. The normalized spacial score (nSPS) is 23.3. The van der Waals surface area contributed by atoms with E-state index in [1.54, 1.807) is 6.20 Å². The fourth-order valence-corrected chi connectivity index (χ4v) is 2.51. The summed E-state index contributed by atoms with van der Waals surface area (Å²) in [4.78, 5) is 16.7. The van der Waals surface area contributed by atoms with Gasteiger partial charge < -0.3 is 10.6 Å². The maximum absolute atomic E-state index is 12.5. The Kier molecular flexibility index (Phi) is 3.66. The number of hydrogen-bond donors (Lipinski definition) is 2. The highest BCUT2D eigenvalue weighted by Crippen LogP contribution is 2.35. The molecule has 2 rings (SSSR count). The molecule has 18 heavy (non-hydrogen) atoms. The zero-order valence-electron chi connectivity index (χ0n) is 11.3. The van der Waals surface area contributed by atoms with E-state index in [9.17, 15) is 4.79 Å². The Morgan fingerprint density at radius 3 is 2.89 bits per heavy atom. The highest BCUT2D eigenvalue weighted by atomic mass is 16.2. The van der Waals surface area contributed by atoms with Gasteiger partial charge in [0.2, 0.25) is 5.91 Å². The number of carbonyl (C=O) groups is 1. The Hall–Kier alpha value is -1.42. The summed E-state index contributed by atoms with van der Waals surface area (Å²) in [5.41, 5.74) is 0.800. The number of aromatic nitrogens is 1. The van der Waals surface area contributed by atoms with E-state index in [0.717, 1.165) is 25.1 Å². The summed E-state index contributed by atoms with van der Waals surface area (Å²) < 4.78 is 0. The van der Waals surface area contributed by atoms with E-state index in [0.29, 0.717) is 11.7 Å². The minimum Gasteiger partial charge on any atom is -0.316 e. The molecule has 0 saturated carbocycles. The van der Waals surface area contributed by atoms with Gasteiger partial charge in [-0.2, -0.15) is 0 Å². The van der Waals surface area contributed by atoms with Gasteiger partial charge in [-0.05, 0) is 43.5 Å². The first-order valence-electron chi connectivity index (χ1n) is 6.49. The lowest BCUT2D eigenvalue weighted by molar-refractivity contribution is -0.126. The van der Waals surface area contributed by atoms with Crippen molar-refractivity contribution in [3.63, 3.8) is 0 Å². The summed E-state index contributed by atoms with van der Waals surface area (Å²) in [5.74, 6) is 1.05. The van der Waals surface area contributed by atoms with Gasteiger partial charge >= 0.3 is 0 Å². The van der Waals surface area contributed by atoms with Crippen LogP contribution in [0, 0.1) is 18.3 Å². The second-order valence-electron chi connectivity index (χ2n) is 5.41. The molecular weight excluding hydrogens is 226 g/mol. The fourth-order valence-electron chi connectivity index (χ4n) is 2.51. The molecule has 1 amide bonds. The minimum atomic E-state index is -0.300. The van der Waals surface area contributed by atoms with Crippen molar-refractivity contribution in [3.05, 3.63) is 23.9 Å². The third-order valence-corrected chi connectivity index (χ3v) is 3.90. The standard InChI is InChI=1S/C14H21N3O/c1-10(2)14(5-7-15-9-14)13(18)17-12-8-11(3)4-6-16-12/h4,6,8,10,15H,5,7,9H2,1-3H3,(H,16,17,18). The number of anilines is 1. The molecule has 1 aliphatic rings. The van der Waals surface area contributed by atoms with Crippen LogP contribution in [-0.2, 0) is 4.79 Å². The molecule has 2 N–H and O–H groups in total. The molecular formula is C14H21N3O. The second kappa shape index (κ2) is 5.06. The minimum absolute atomic E-state index is 0.0839. The number of amides is 1. The molecule has 1 aliphatic heterocycles. The zero-order valence-corrected chi connectivity index (χ0v) is 11.3. The molecule has 98 valence electrons. The number of pyridine rings is 1. The molecule has 1 unspecified atom stereocenters. The van der Waals surface area contributed by atoms with Crippen LogP contribution in [0.1, 0.15) is 25.8 Å². The molecule has 4 heteroatoms. The molecule has 0 aromatic carbocycles. The van der Waals surface area contributed by atoms with E-state index in [1.807, 2.05) is 19.1 Å². The maximum Gasteiger partial charge on any atom is 0.233 e. The van der Waals surface area contributed by atoms with Crippen molar-refractivity contribution in [3.8, 4) is 0 Å². The third kappa shape index (κ3) is 2.38. The Balaban J connectivity index is 2.16. The number of nitrogens with one attached hydrogen (secondary N) is 2. The lowest BCUT2D eigenvalue weighted by Gasteiger charge is -2.30. The van der Waals surface area contributed by atoms with Gasteiger partial charge in [-0.25, -0.2) is 4.98 Å². The molecule has 1 fully saturated rings. The predicted octanol–water partition coefficient (Wildman–Crippen LogP) is 1.96. The summed E-state index contributed by atoms with van der Waals surface area (Å²) in [7, 11) is 0. The largest absolute Gasteiger partial charge is 0.316 e. The third-order valence-electron chi connectivity index (χ3n) is 3.90. The van der Waals surface area contributed by atoms with Crippen LogP contribution in [0.3, 0.4) is 0 Å².